The molecular formula is C12H16N2O2. The summed E-state index contributed by atoms with van der Waals surface area (Å²) in [6.07, 6.45) is 0.468. The average molecular weight is 220 g/mol. The lowest BCUT2D eigenvalue weighted by atomic mass is 10.2. The molecule has 1 aliphatic heterocycles. The van der Waals surface area contributed by atoms with E-state index in [1.54, 1.807) is 12.0 Å². The molecule has 16 heavy (non-hydrogen) atoms. The van der Waals surface area contributed by atoms with Gasteiger partial charge in [0.15, 0.2) is 0 Å². The number of carbonyl (C=O) groups is 1. The van der Waals surface area contributed by atoms with Crippen molar-refractivity contribution in [3.8, 4) is 5.75 Å². The van der Waals surface area contributed by atoms with Gasteiger partial charge in [-0.2, -0.15) is 0 Å². The Hall–Kier alpha value is -1.55. The van der Waals surface area contributed by atoms with Crippen LogP contribution < -0.4 is 10.5 Å². The van der Waals surface area contributed by atoms with E-state index in [0.29, 0.717) is 19.5 Å². The van der Waals surface area contributed by atoms with Crippen molar-refractivity contribution in [2.75, 3.05) is 13.7 Å². The van der Waals surface area contributed by atoms with Crippen molar-refractivity contribution < 1.29 is 9.53 Å². The Balaban J connectivity index is 2.01. The molecule has 1 atom stereocenters. The maximum absolute atomic E-state index is 11.5. The van der Waals surface area contributed by atoms with E-state index in [0.717, 1.165) is 11.3 Å². The summed E-state index contributed by atoms with van der Waals surface area (Å²) in [4.78, 5) is 13.3. The van der Waals surface area contributed by atoms with Crippen LogP contribution in [0.25, 0.3) is 0 Å². The van der Waals surface area contributed by atoms with Crippen molar-refractivity contribution in [3.63, 3.8) is 0 Å². The molecule has 2 rings (SSSR count). The minimum Gasteiger partial charge on any atom is -0.497 e. The third-order valence-corrected chi connectivity index (χ3v) is 2.78. The minimum atomic E-state index is -0.00857. The number of hydrogen-bond acceptors (Lipinski definition) is 3. The van der Waals surface area contributed by atoms with Crippen LogP contribution in [0.1, 0.15) is 12.0 Å². The third kappa shape index (κ3) is 2.33. The highest BCUT2D eigenvalue weighted by molar-refractivity contribution is 5.79. The van der Waals surface area contributed by atoms with Gasteiger partial charge in [-0.1, -0.05) is 12.1 Å². The first kappa shape index (κ1) is 11.0. The minimum absolute atomic E-state index is 0.00857. The summed E-state index contributed by atoms with van der Waals surface area (Å²) < 4.78 is 5.08. The molecule has 1 saturated heterocycles. The zero-order valence-corrected chi connectivity index (χ0v) is 9.35. The van der Waals surface area contributed by atoms with Crippen LogP contribution in [0.15, 0.2) is 24.3 Å². The second-order valence-corrected chi connectivity index (χ2v) is 4.09. The second-order valence-electron chi connectivity index (χ2n) is 4.09. The lowest BCUT2D eigenvalue weighted by molar-refractivity contribution is -0.128. The largest absolute Gasteiger partial charge is 0.497 e. The van der Waals surface area contributed by atoms with Crippen LogP contribution in [-0.4, -0.2) is 30.5 Å². The summed E-state index contributed by atoms with van der Waals surface area (Å²) in [5.74, 6) is 0.969. The average Bonchev–Trinajstić information content (AvgIpc) is 2.59. The molecule has 2 N–H and O–H groups in total. The fraction of sp³-hybridized carbons (Fsp3) is 0.417. The van der Waals surface area contributed by atoms with E-state index in [-0.39, 0.29) is 11.9 Å². The Bertz CT molecular complexity index is 375. The standard InChI is InChI=1S/C12H16N2O2/c1-16-11-4-2-9(3-5-11)7-14-8-10(13)6-12(14)15/h2-5,10H,6-8,13H2,1H3/t10-/m1/s1. The number of likely N-dealkylation sites (tertiary alicyclic amines) is 1. The van der Waals surface area contributed by atoms with Crippen LogP contribution in [-0.2, 0) is 11.3 Å². The molecule has 4 nitrogen and oxygen atoms in total. The van der Waals surface area contributed by atoms with Gasteiger partial charge in [0.25, 0.3) is 0 Å². The molecule has 0 saturated carbocycles. The molecule has 1 aromatic carbocycles. The van der Waals surface area contributed by atoms with Gasteiger partial charge in [0.1, 0.15) is 5.75 Å². The molecule has 1 heterocycles. The van der Waals surface area contributed by atoms with Crippen molar-refractivity contribution >= 4 is 5.91 Å². The van der Waals surface area contributed by atoms with Crippen molar-refractivity contribution in [2.45, 2.75) is 19.0 Å². The normalized spacial score (nSPS) is 20.2. The number of amides is 1. The predicted octanol–water partition coefficient (Wildman–Crippen LogP) is 0.755. The zero-order chi connectivity index (χ0) is 11.5. The van der Waals surface area contributed by atoms with Crippen molar-refractivity contribution in [2.24, 2.45) is 5.73 Å². The summed E-state index contributed by atoms with van der Waals surface area (Å²) in [6, 6.07) is 7.73. The van der Waals surface area contributed by atoms with E-state index >= 15 is 0 Å². The van der Waals surface area contributed by atoms with Crippen LogP contribution in [0, 0.1) is 0 Å². The molecule has 0 aromatic heterocycles. The third-order valence-electron chi connectivity index (χ3n) is 2.78. The molecule has 1 aromatic rings. The number of nitrogens with zero attached hydrogens (tertiary/aromatic N) is 1. The number of nitrogens with two attached hydrogens (primary N) is 1. The first-order chi connectivity index (χ1) is 7.69. The van der Waals surface area contributed by atoms with Crippen molar-refractivity contribution in [1.29, 1.82) is 0 Å². The first-order valence-electron chi connectivity index (χ1n) is 5.35. The van der Waals surface area contributed by atoms with Gasteiger partial charge >= 0.3 is 0 Å². The highest BCUT2D eigenvalue weighted by atomic mass is 16.5. The molecular weight excluding hydrogens is 204 g/mol. The SMILES string of the molecule is COc1ccc(CN2C[C@H](N)CC2=O)cc1. The van der Waals surface area contributed by atoms with Gasteiger partial charge in [0.2, 0.25) is 5.91 Å². The zero-order valence-electron chi connectivity index (χ0n) is 9.35. The quantitative estimate of drug-likeness (QED) is 0.818. The van der Waals surface area contributed by atoms with Gasteiger partial charge < -0.3 is 15.4 Å². The van der Waals surface area contributed by atoms with E-state index in [1.165, 1.54) is 0 Å². The summed E-state index contributed by atoms with van der Waals surface area (Å²) in [5.41, 5.74) is 6.83. The van der Waals surface area contributed by atoms with Crippen molar-refractivity contribution in [3.05, 3.63) is 29.8 Å². The molecule has 86 valence electrons. The number of ether oxygens (including phenoxy) is 1. The second kappa shape index (κ2) is 4.53. The van der Waals surface area contributed by atoms with Gasteiger partial charge in [-0.15, -0.1) is 0 Å². The maximum atomic E-state index is 11.5. The Morgan fingerprint density at radius 3 is 2.62 bits per heavy atom. The fourth-order valence-electron chi connectivity index (χ4n) is 1.91. The Morgan fingerprint density at radius 1 is 1.44 bits per heavy atom. The van der Waals surface area contributed by atoms with Crippen LogP contribution in [0.4, 0.5) is 0 Å². The molecule has 0 spiro atoms. The highest BCUT2D eigenvalue weighted by Gasteiger charge is 2.26. The van der Waals surface area contributed by atoms with E-state index in [1.807, 2.05) is 24.3 Å². The molecule has 0 unspecified atom stereocenters. The highest BCUT2D eigenvalue weighted by Crippen LogP contribution is 2.16. The van der Waals surface area contributed by atoms with E-state index in [2.05, 4.69) is 0 Å². The van der Waals surface area contributed by atoms with E-state index in [4.69, 9.17) is 10.5 Å². The van der Waals surface area contributed by atoms with Crippen LogP contribution in [0.2, 0.25) is 0 Å². The van der Waals surface area contributed by atoms with E-state index in [9.17, 15) is 4.79 Å². The number of benzene rings is 1. The monoisotopic (exact) mass is 220 g/mol. The number of hydrogen-bond donors (Lipinski definition) is 1. The van der Waals surface area contributed by atoms with Crippen molar-refractivity contribution in [1.82, 2.24) is 4.90 Å². The van der Waals surface area contributed by atoms with Gasteiger partial charge in [-0.25, -0.2) is 0 Å². The molecule has 4 heteroatoms. The molecule has 0 bridgehead atoms. The lowest BCUT2D eigenvalue weighted by Gasteiger charge is -2.16. The Labute approximate surface area is 95.0 Å². The maximum Gasteiger partial charge on any atom is 0.224 e. The Kier molecular flexibility index (Phi) is 3.10. The summed E-state index contributed by atoms with van der Waals surface area (Å²) in [7, 11) is 1.64. The lowest BCUT2D eigenvalue weighted by Crippen LogP contribution is -2.27. The first-order valence-corrected chi connectivity index (χ1v) is 5.35. The molecule has 0 aliphatic carbocycles. The molecule has 1 aliphatic rings. The molecule has 1 fully saturated rings. The molecule has 0 radical (unpaired) electrons. The smallest absolute Gasteiger partial charge is 0.224 e. The number of rotatable bonds is 3. The van der Waals surface area contributed by atoms with Crippen LogP contribution in [0.3, 0.4) is 0 Å². The number of carbonyl (C=O) groups excluding carboxylic acids is 1. The summed E-state index contributed by atoms with van der Waals surface area (Å²) >= 11 is 0. The Morgan fingerprint density at radius 2 is 2.12 bits per heavy atom. The van der Waals surface area contributed by atoms with Crippen LogP contribution in [0.5, 0.6) is 5.75 Å². The van der Waals surface area contributed by atoms with Gasteiger partial charge in [0.05, 0.1) is 7.11 Å². The predicted molar refractivity (Wildman–Crippen MR) is 61.0 cm³/mol. The summed E-state index contributed by atoms with van der Waals surface area (Å²) in [5, 5.41) is 0. The summed E-state index contributed by atoms with van der Waals surface area (Å²) in [6.45, 7) is 1.29. The van der Waals surface area contributed by atoms with Gasteiger partial charge in [-0.05, 0) is 17.7 Å². The van der Waals surface area contributed by atoms with Gasteiger partial charge in [-0.3, -0.25) is 4.79 Å². The fourth-order valence-corrected chi connectivity index (χ4v) is 1.91. The van der Waals surface area contributed by atoms with Gasteiger partial charge in [0, 0.05) is 25.6 Å². The van der Waals surface area contributed by atoms with E-state index < -0.39 is 0 Å². The number of methoxy groups -OCH3 is 1. The van der Waals surface area contributed by atoms with Crippen LogP contribution >= 0.6 is 0 Å². The topological polar surface area (TPSA) is 55.6 Å². The molecule has 1 amide bonds.